The van der Waals surface area contributed by atoms with Crippen LogP contribution in [0.25, 0.3) is 0 Å². The molecule has 0 bridgehead atoms. The van der Waals surface area contributed by atoms with Crippen molar-refractivity contribution in [1.82, 2.24) is 4.98 Å². The Bertz CT molecular complexity index is 496. The molecule has 0 spiro atoms. The van der Waals surface area contributed by atoms with E-state index >= 15 is 0 Å². The number of anilines is 1. The number of carboxylic acids is 1. The Labute approximate surface area is 111 Å². The normalized spacial score (nSPS) is 17.7. The van der Waals surface area contributed by atoms with Gasteiger partial charge in [-0.25, -0.2) is 9.78 Å². The molecule has 1 amide bonds. The van der Waals surface area contributed by atoms with E-state index in [9.17, 15) is 14.7 Å². The number of hydrogen-bond acceptors (Lipinski definition) is 4. The topological polar surface area (TPSA) is 105 Å². The fourth-order valence-electron chi connectivity index (χ4n) is 2.44. The van der Waals surface area contributed by atoms with Crippen LogP contribution in [0.2, 0.25) is 0 Å². The monoisotopic (exact) mass is 263 g/mol. The lowest BCUT2D eigenvalue weighted by Crippen LogP contribution is -2.48. The molecule has 0 unspecified atom stereocenters. The summed E-state index contributed by atoms with van der Waals surface area (Å²) in [5.41, 5.74) is 4.53. The zero-order valence-corrected chi connectivity index (χ0v) is 10.6. The zero-order valence-electron chi connectivity index (χ0n) is 10.6. The maximum atomic E-state index is 11.5. The SMILES string of the molecule is NC(=O)c1ccnc(NC2(C(=O)O)CCCCC2)c1. The minimum absolute atomic E-state index is 0.314. The van der Waals surface area contributed by atoms with Crippen molar-refractivity contribution in [2.24, 2.45) is 5.73 Å². The molecule has 0 saturated heterocycles. The number of carbonyl (C=O) groups excluding carboxylic acids is 1. The van der Waals surface area contributed by atoms with Crippen molar-refractivity contribution in [2.45, 2.75) is 37.6 Å². The van der Waals surface area contributed by atoms with E-state index in [1.54, 1.807) is 0 Å². The number of hydrogen-bond donors (Lipinski definition) is 3. The Morgan fingerprint density at radius 1 is 1.32 bits per heavy atom. The number of nitrogens with one attached hydrogen (secondary N) is 1. The summed E-state index contributed by atoms with van der Waals surface area (Å²) in [5, 5.41) is 12.4. The van der Waals surface area contributed by atoms with Crippen molar-refractivity contribution in [3.8, 4) is 0 Å². The van der Waals surface area contributed by atoms with E-state index < -0.39 is 17.4 Å². The van der Waals surface area contributed by atoms with E-state index in [0.29, 0.717) is 24.2 Å². The van der Waals surface area contributed by atoms with Gasteiger partial charge in [0, 0.05) is 11.8 Å². The van der Waals surface area contributed by atoms with E-state index in [4.69, 9.17) is 5.73 Å². The molecule has 0 atom stereocenters. The first-order valence-corrected chi connectivity index (χ1v) is 6.31. The summed E-state index contributed by atoms with van der Waals surface area (Å²) < 4.78 is 0. The second kappa shape index (κ2) is 5.26. The Balaban J connectivity index is 2.24. The van der Waals surface area contributed by atoms with E-state index in [1.807, 2.05) is 0 Å². The molecule has 6 heteroatoms. The molecule has 1 fully saturated rings. The molecule has 4 N–H and O–H groups in total. The van der Waals surface area contributed by atoms with E-state index in [2.05, 4.69) is 10.3 Å². The molecular formula is C13H17N3O3. The summed E-state index contributed by atoms with van der Waals surface area (Å²) in [4.78, 5) is 26.7. The molecule has 1 aromatic rings. The molecule has 0 aromatic carbocycles. The second-order valence-corrected chi connectivity index (χ2v) is 4.87. The summed E-state index contributed by atoms with van der Waals surface area (Å²) in [6.45, 7) is 0. The van der Waals surface area contributed by atoms with Gasteiger partial charge >= 0.3 is 5.97 Å². The first-order valence-electron chi connectivity index (χ1n) is 6.31. The van der Waals surface area contributed by atoms with Gasteiger partial charge in [-0.05, 0) is 25.0 Å². The molecule has 102 valence electrons. The Morgan fingerprint density at radius 3 is 2.58 bits per heavy atom. The van der Waals surface area contributed by atoms with Crippen LogP contribution in [-0.4, -0.2) is 27.5 Å². The molecule has 19 heavy (non-hydrogen) atoms. The average Bonchev–Trinajstić information content (AvgIpc) is 2.40. The van der Waals surface area contributed by atoms with Crippen LogP contribution in [0.5, 0.6) is 0 Å². The van der Waals surface area contributed by atoms with Crippen LogP contribution in [0.4, 0.5) is 5.82 Å². The number of nitrogens with zero attached hydrogens (tertiary/aromatic N) is 1. The Morgan fingerprint density at radius 2 is 2.00 bits per heavy atom. The van der Waals surface area contributed by atoms with Gasteiger partial charge in [0.2, 0.25) is 5.91 Å². The van der Waals surface area contributed by atoms with E-state index in [0.717, 1.165) is 19.3 Å². The lowest BCUT2D eigenvalue weighted by atomic mass is 9.81. The van der Waals surface area contributed by atoms with Crippen molar-refractivity contribution in [3.63, 3.8) is 0 Å². The molecule has 1 aromatic heterocycles. The highest BCUT2D eigenvalue weighted by molar-refractivity contribution is 5.93. The zero-order chi connectivity index (χ0) is 13.9. The van der Waals surface area contributed by atoms with Gasteiger partial charge in [-0.1, -0.05) is 19.3 Å². The van der Waals surface area contributed by atoms with Gasteiger partial charge < -0.3 is 16.2 Å². The van der Waals surface area contributed by atoms with Crippen molar-refractivity contribution in [1.29, 1.82) is 0 Å². The number of amides is 1. The van der Waals surface area contributed by atoms with Crippen LogP contribution in [0.3, 0.4) is 0 Å². The molecule has 2 rings (SSSR count). The van der Waals surface area contributed by atoms with Crippen LogP contribution in [-0.2, 0) is 4.79 Å². The first kappa shape index (κ1) is 13.3. The molecule has 0 aliphatic heterocycles. The highest BCUT2D eigenvalue weighted by Gasteiger charge is 2.39. The van der Waals surface area contributed by atoms with Gasteiger partial charge in [0.1, 0.15) is 11.4 Å². The summed E-state index contributed by atoms with van der Waals surface area (Å²) in [5.74, 6) is -1.06. The van der Waals surface area contributed by atoms with Crippen LogP contribution in [0.15, 0.2) is 18.3 Å². The minimum Gasteiger partial charge on any atom is -0.480 e. The highest BCUT2D eigenvalue weighted by atomic mass is 16.4. The lowest BCUT2D eigenvalue weighted by molar-refractivity contribution is -0.143. The van der Waals surface area contributed by atoms with E-state index in [1.165, 1.54) is 18.3 Å². The van der Waals surface area contributed by atoms with Gasteiger partial charge in [-0.15, -0.1) is 0 Å². The van der Waals surface area contributed by atoms with Crippen LogP contribution in [0.1, 0.15) is 42.5 Å². The maximum Gasteiger partial charge on any atom is 0.329 e. The number of rotatable bonds is 4. The third kappa shape index (κ3) is 2.83. The molecule has 1 saturated carbocycles. The van der Waals surface area contributed by atoms with Gasteiger partial charge in [0.15, 0.2) is 0 Å². The van der Waals surface area contributed by atoms with Crippen molar-refractivity contribution >= 4 is 17.7 Å². The Hall–Kier alpha value is -2.11. The largest absolute Gasteiger partial charge is 0.480 e. The number of carbonyl (C=O) groups is 2. The molecule has 1 aliphatic carbocycles. The molecule has 0 radical (unpaired) electrons. The standard InChI is InChI=1S/C13H17N3O3/c14-11(17)9-4-7-15-10(8-9)16-13(12(18)19)5-2-1-3-6-13/h4,7-8H,1-3,5-6H2,(H2,14,17)(H,15,16)(H,18,19). The number of nitrogens with two attached hydrogens (primary N) is 1. The van der Waals surface area contributed by atoms with Crippen LogP contribution >= 0.6 is 0 Å². The number of pyridine rings is 1. The number of carboxylic acid groups (broad SMARTS) is 1. The molecule has 6 nitrogen and oxygen atoms in total. The fourth-order valence-corrected chi connectivity index (χ4v) is 2.44. The Kier molecular flexibility index (Phi) is 3.69. The van der Waals surface area contributed by atoms with Crippen molar-refractivity contribution < 1.29 is 14.7 Å². The van der Waals surface area contributed by atoms with Crippen molar-refractivity contribution in [3.05, 3.63) is 23.9 Å². The summed E-state index contributed by atoms with van der Waals surface area (Å²) in [6.07, 6.45) is 5.35. The smallest absolute Gasteiger partial charge is 0.329 e. The molecular weight excluding hydrogens is 246 g/mol. The van der Waals surface area contributed by atoms with Crippen molar-refractivity contribution in [2.75, 3.05) is 5.32 Å². The van der Waals surface area contributed by atoms with E-state index in [-0.39, 0.29) is 0 Å². The van der Waals surface area contributed by atoms with Gasteiger partial charge in [-0.2, -0.15) is 0 Å². The number of primary amides is 1. The predicted molar refractivity (Wildman–Crippen MR) is 69.8 cm³/mol. The summed E-state index contributed by atoms with van der Waals surface area (Å²) in [7, 11) is 0. The predicted octanol–water partition coefficient (Wildman–Crippen LogP) is 1.38. The number of aromatic nitrogens is 1. The highest BCUT2D eigenvalue weighted by Crippen LogP contribution is 2.31. The van der Waals surface area contributed by atoms with Crippen LogP contribution in [0, 0.1) is 0 Å². The first-order chi connectivity index (χ1) is 9.03. The second-order valence-electron chi connectivity index (χ2n) is 4.87. The van der Waals surface area contributed by atoms with Gasteiger partial charge in [0.05, 0.1) is 0 Å². The maximum absolute atomic E-state index is 11.5. The van der Waals surface area contributed by atoms with Gasteiger partial charge in [-0.3, -0.25) is 4.79 Å². The van der Waals surface area contributed by atoms with Crippen LogP contribution < -0.4 is 11.1 Å². The fraction of sp³-hybridized carbons (Fsp3) is 0.462. The molecule has 1 heterocycles. The average molecular weight is 263 g/mol. The third-order valence-electron chi connectivity index (χ3n) is 3.53. The quantitative estimate of drug-likeness (QED) is 0.761. The lowest BCUT2D eigenvalue weighted by Gasteiger charge is -2.34. The number of aliphatic carboxylic acids is 1. The minimum atomic E-state index is -0.985. The summed E-state index contributed by atoms with van der Waals surface area (Å²) in [6, 6.07) is 2.99. The summed E-state index contributed by atoms with van der Waals surface area (Å²) >= 11 is 0. The third-order valence-corrected chi connectivity index (χ3v) is 3.53. The molecule has 1 aliphatic rings. The van der Waals surface area contributed by atoms with Gasteiger partial charge in [0.25, 0.3) is 0 Å².